The first-order chi connectivity index (χ1) is 12.8. The van der Waals surface area contributed by atoms with Crippen LogP contribution in [0.4, 0.5) is 0 Å². The second kappa shape index (κ2) is 9.39. The summed E-state index contributed by atoms with van der Waals surface area (Å²) in [4.78, 5) is 16.6. The summed E-state index contributed by atoms with van der Waals surface area (Å²) in [5.74, 6) is 1.59. The van der Waals surface area contributed by atoms with Crippen LogP contribution in [-0.4, -0.2) is 33.0 Å². The molecule has 26 heavy (non-hydrogen) atoms. The van der Waals surface area contributed by atoms with Gasteiger partial charge in [-0.25, -0.2) is 9.67 Å². The topological polar surface area (TPSA) is 83.6 Å². The summed E-state index contributed by atoms with van der Waals surface area (Å²) in [6.07, 6.45) is 6.37. The molecule has 1 aromatic carbocycles. The molecule has 0 spiro atoms. The number of carbonyl (C=O) groups excluding carboxylic acids is 1. The number of hydrogen-bond donors (Lipinski definition) is 1. The minimum atomic E-state index is -0.0967. The van der Waals surface area contributed by atoms with Crippen LogP contribution in [0.25, 0.3) is 5.69 Å². The Hall–Kier alpha value is -2.33. The maximum atomic E-state index is 11.9. The zero-order valence-electron chi connectivity index (χ0n) is 14.7. The van der Waals surface area contributed by atoms with Crippen molar-refractivity contribution in [1.29, 1.82) is 5.26 Å². The quantitative estimate of drug-likeness (QED) is 0.597. The summed E-state index contributed by atoms with van der Waals surface area (Å²) >= 11 is 1.34. The predicted molar refractivity (Wildman–Crippen MR) is 101 cm³/mol. The van der Waals surface area contributed by atoms with E-state index in [1.807, 2.05) is 41.1 Å². The first kappa shape index (κ1) is 18.5. The second-order valence-corrected chi connectivity index (χ2v) is 7.32. The Balaban J connectivity index is 1.73. The molecule has 3 rings (SSSR count). The summed E-state index contributed by atoms with van der Waals surface area (Å²) in [7, 11) is 0. The molecule has 1 N–H and O–H groups in total. The van der Waals surface area contributed by atoms with Crippen LogP contribution in [0.1, 0.15) is 50.3 Å². The lowest BCUT2D eigenvalue weighted by Gasteiger charge is -2.21. The predicted octanol–water partition coefficient (Wildman–Crippen LogP) is 3.44. The van der Waals surface area contributed by atoms with Gasteiger partial charge in [0, 0.05) is 12.5 Å². The van der Waals surface area contributed by atoms with Gasteiger partial charge in [-0.2, -0.15) is 5.26 Å². The summed E-state index contributed by atoms with van der Waals surface area (Å²) in [6.45, 7) is 0.384. The number of hydrogen-bond acceptors (Lipinski definition) is 5. The number of nitriles is 1. The average Bonchev–Trinajstić information content (AvgIpc) is 3.12. The third-order valence-electron chi connectivity index (χ3n) is 4.48. The van der Waals surface area contributed by atoms with E-state index in [1.165, 1.54) is 31.0 Å². The first-order valence-electron chi connectivity index (χ1n) is 9.07. The van der Waals surface area contributed by atoms with E-state index in [1.54, 1.807) is 0 Å². The molecule has 1 aromatic heterocycles. The SMILES string of the molecule is N#CCCNC(=O)CSc1nc(C2CCCCC2)n(-c2ccccc2)n1. The number of para-hydroxylation sites is 1. The van der Waals surface area contributed by atoms with Gasteiger partial charge in [-0.3, -0.25) is 4.79 Å². The van der Waals surface area contributed by atoms with Gasteiger partial charge in [0.2, 0.25) is 11.1 Å². The molecule has 0 bridgehead atoms. The van der Waals surface area contributed by atoms with Crippen molar-refractivity contribution in [2.24, 2.45) is 0 Å². The smallest absolute Gasteiger partial charge is 0.230 e. The van der Waals surface area contributed by atoms with Crippen LogP contribution in [0.3, 0.4) is 0 Å². The van der Waals surface area contributed by atoms with Crippen molar-refractivity contribution in [2.75, 3.05) is 12.3 Å². The van der Waals surface area contributed by atoms with E-state index in [0.29, 0.717) is 24.0 Å². The minimum Gasteiger partial charge on any atom is -0.354 e. The van der Waals surface area contributed by atoms with Crippen molar-refractivity contribution in [3.05, 3.63) is 36.2 Å². The van der Waals surface area contributed by atoms with Gasteiger partial charge in [0.25, 0.3) is 0 Å². The molecular formula is C19H23N5OS. The van der Waals surface area contributed by atoms with Gasteiger partial charge in [-0.15, -0.1) is 5.10 Å². The summed E-state index contributed by atoms with van der Waals surface area (Å²) in [6, 6.07) is 12.1. The van der Waals surface area contributed by atoms with Crippen LogP contribution in [0.5, 0.6) is 0 Å². The molecule has 2 aromatic rings. The molecule has 1 heterocycles. The monoisotopic (exact) mass is 369 g/mol. The molecule has 0 unspecified atom stereocenters. The number of rotatable bonds is 7. The fourth-order valence-electron chi connectivity index (χ4n) is 3.19. The molecule has 1 aliphatic rings. The van der Waals surface area contributed by atoms with Gasteiger partial charge < -0.3 is 5.32 Å². The van der Waals surface area contributed by atoms with Crippen molar-refractivity contribution < 1.29 is 4.79 Å². The molecule has 0 saturated heterocycles. The van der Waals surface area contributed by atoms with E-state index in [0.717, 1.165) is 24.4 Å². The summed E-state index contributed by atoms with van der Waals surface area (Å²) < 4.78 is 1.94. The highest BCUT2D eigenvalue weighted by atomic mass is 32.2. The molecule has 0 radical (unpaired) electrons. The minimum absolute atomic E-state index is 0.0967. The zero-order valence-corrected chi connectivity index (χ0v) is 15.5. The number of benzene rings is 1. The molecule has 6 nitrogen and oxygen atoms in total. The van der Waals surface area contributed by atoms with Gasteiger partial charge in [-0.1, -0.05) is 49.2 Å². The fourth-order valence-corrected chi connectivity index (χ4v) is 3.85. The molecule has 136 valence electrons. The van der Waals surface area contributed by atoms with Crippen molar-refractivity contribution in [3.8, 4) is 11.8 Å². The van der Waals surface area contributed by atoms with E-state index in [4.69, 9.17) is 10.2 Å². The maximum absolute atomic E-state index is 11.9. The highest BCUT2D eigenvalue weighted by molar-refractivity contribution is 7.99. The van der Waals surface area contributed by atoms with E-state index in [-0.39, 0.29) is 11.7 Å². The fraction of sp³-hybridized carbons (Fsp3) is 0.474. The lowest BCUT2D eigenvalue weighted by Crippen LogP contribution is -2.25. The van der Waals surface area contributed by atoms with Crippen molar-refractivity contribution >= 4 is 17.7 Å². The number of nitrogens with zero attached hydrogens (tertiary/aromatic N) is 4. The van der Waals surface area contributed by atoms with Crippen LogP contribution < -0.4 is 5.32 Å². The summed E-state index contributed by atoms with van der Waals surface area (Å²) in [5, 5.41) is 16.5. The van der Waals surface area contributed by atoms with E-state index in [2.05, 4.69) is 10.4 Å². The van der Waals surface area contributed by atoms with Crippen LogP contribution >= 0.6 is 11.8 Å². The van der Waals surface area contributed by atoms with Gasteiger partial charge >= 0.3 is 0 Å². The Morgan fingerprint density at radius 3 is 2.77 bits per heavy atom. The number of carbonyl (C=O) groups is 1. The van der Waals surface area contributed by atoms with Gasteiger partial charge in [-0.05, 0) is 25.0 Å². The maximum Gasteiger partial charge on any atom is 0.230 e. The third kappa shape index (κ3) is 4.85. The molecule has 0 atom stereocenters. The van der Waals surface area contributed by atoms with Crippen LogP contribution in [0.15, 0.2) is 35.5 Å². The van der Waals surface area contributed by atoms with Crippen LogP contribution in [-0.2, 0) is 4.79 Å². The zero-order chi connectivity index (χ0) is 18.2. The second-order valence-electron chi connectivity index (χ2n) is 6.38. The number of thioether (sulfide) groups is 1. The van der Waals surface area contributed by atoms with Crippen LogP contribution in [0.2, 0.25) is 0 Å². The molecule has 1 saturated carbocycles. The number of amides is 1. The molecule has 7 heteroatoms. The number of nitrogens with one attached hydrogen (secondary N) is 1. The molecular weight excluding hydrogens is 346 g/mol. The Morgan fingerprint density at radius 1 is 1.27 bits per heavy atom. The van der Waals surface area contributed by atoms with Gasteiger partial charge in [0.1, 0.15) is 5.82 Å². The largest absolute Gasteiger partial charge is 0.354 e. The average molecular weight is 369 g/mol. The Bertz CT molecular complexity index is 762. The van der Waals surface area contributed by atoms with Gasteiger partial charge in [0.15, 0.2) is 0 Å². The first-order valence-corrected chi connectivity index (χ1v) is 10.1. The molecule has 1 aliphatic carbocycles. The van der Waals surface area contributed by atoms with Crippen molar-refractivity contribution in [3.63, 3.8) is 0 Å². The standard InChI is InChI=1S/C19H23N5OS/c20-12-7-13-21-17(25)14-26-19-22-18(15-8-3-1-4-9-15)24(23-19)16-10-5-2-6-11-16/h2,5-6,10-11,15H,1,3-4,7-9,13-14H2,(H,21,25). The Kier molecular flexibility index (Phi) is 6.67. The Morgan fingerprint density at radius 2 is 2.04 bits per heavy atom. The lowest BCUT2D eigenvalue weighted by atomic mass is 9.88. The normalized spacial score (nSPS) is 14.7. The lowest BCUT2D eigenvalue weighted by molar-refractivity contribution is -0.118. The van der Waals surface area contributed by atoms with Crippen molar-refractivity contribution in [1.82, 2.24) is 20.1 Å². The van der Waals surface area contributed by atoms with Crippen LogP contribution in [0, 0.1) is 11.3 Å². The van der Waals surface area contributed by atoms with E-state index >= 15 is 0 Å². The summed E-state index contributed by atoms with van der Waals surface area (Å²) in [5.41, 5.74) is 1.01. The molecule has 0 aliphatic heterocycles. The molecule has 1 fully saturated rings. The highest BCUT2D eigenvalue weighted by Crippen LogP contribution is 2.33. The highest BCUT2D eigenvalue weighted by Gasteiger charge is 2.23. The van der Waals surface area contributed by atoms with Crippen molar-refractivity contribution in [2.45, 2.75) is 49.6 Å². The number of aromatic nitrogens is 3. The van der Waals surface area contributed by atoms with E-state index in [9.17, 15) is 4.79 Å². The van der Waals surface area contributed by atoms with E-state index < -0.39 is 0 Å². The Labute approximate surface area is 158 Å². The molecule has 1 amide bonds. The van der Waals surface area contributed by atoms with Gasteiger partial charge in [0.05, 0.1) is 23.9 Å². The third-order valence-corrected chi connectivity index (χ3v) is 5.31.